The molecule has 17 heavy (non-hydrogen) atoms. The topological polar surface area (TPSA) is 43.1 Å². The molecule has 85 valence electrons. The molecule has 0 heterocycles. The highest BCUT2D eigenvalue weighted by molar-refractivity contribution is 6.33. The number of hydrogen-bond donors (Lipinski definition) is 0. The van der Waals surface area contributed by atoms with Crippen molar-refractivity contribution in [3.05, 3.63) is 63.4 Å². The van der Waals surface area contributed by atoms with E-state index in [4.69, 9.17) is 11.6 Å². The lowest BCUT2D eigenvalue weighted by molar-refractivity contribution is -0.384. The highest BCUT2D eigenvalue weighted by Gasteiger charge is 2.11. The van der Waals surface area contributed by atoms with Crippen LogP contribution >= 0.6 is 11.6 Å². The molecule has 0 bridgehead atoms. The summed E-state index contributed by atoms with van der Waals surface area (Å²) in [6.07, 6.45) is 0. The van der Waals surface area contributed by atoms with Crippen molar-refractivity contribution in [2.45, 2.75) is 0 Å². The van der Waals surface area contributed by atoms with Crippen molar-refractivity contribution in [1.82, 2.24) is 0 Å². The van der Waals surface area contributed by atoms with Crippen LogP contribution in [0.15, 0.2) is 36.4 Å². The average molecular weight is 251 g/mol. The molecule has 2 rings (SSSR count). The van der Waals surface area contributed by atoms with E-state index in [9.17, 15) is 14.5 Å². The van der Waals surface area contributed by atoms with E-state index in [1.54, 1.807) is 0 Å². The van der Waals surface area contributed by atoms with Crippen molar-refractivity contribution in [2.75, 3.05) is 0 Å². The summed E-state index contributed by atoms with van der Waals surface area (Å²) >= 11 is 5.84. The van der Waals surface area contributed by atoms with Crippen LogP contribution in [0.25, 0.3) is 11.1 Å². The third-order valence-electron chi connectivity index (χ3n) is 2.26. The summed E-state index contributed by atoms with van der Waals surface area (Å²) in [5, 5.41) is 10.6. The number of nitrogens with zero attached hydrogens (tertiary/aromatic N) is 1. The minimum Gasteiger partial charge on any atom is -0.258 e. The van der Waals surface area contributed by atoms with Gasteiger partial charge in [-0.05, 0) is 29.8 Å². The summed E-state index contributed by atoms with van der Waals surface area (Å²) < 4.78 is 13.6. The molecule has 0 unspecified atom stereocenters. The molecule has 0 amide bonds. The summed E-state index contributed by atoms with van der Waals surface area (Å²) in [5.74, 6) is -0.484. The van der Waals surface area contributed by atoms with Gasteiger partial charge in [0.15, 0.2) is 0 Å². The molecule has 0 saturated carbocycles. The van der Waals surface area contributed by atoms with Gasteiger partial charge in [-0.25, -0.2) is 4.39 Å². The van der Waals surface area contributed by atoms with Crippen molar-refractivity contribution < 1.29 is 9.31 Å². The Morgan fingerprint density at radius 3 is 2.41 bits per heavy atom. The molecule has 0 atom stereocenters. The van der Waals surface area contributed by atoms with Gasteiger partial charge >= 0.3 is 0 Å². The van der Waals surface area contributed by atoms with Gasteiger partial charge in [0.25, 0.3) is 5.69 Å². The monoisotopic (exact) mass is 250 g/mol. The SMILES string of the molecule is O=[N+]([O-])c1ccc(-c2c(Cl)[c]ccc2F)cc1. The molecule has 0 spiro atoms. The molecule has 1 radical (unpaired) electrons. The average Bonchev–Trinajstić information content (AvgIpc) is 2.29. The molecule has 0 aliphatic heterocycles. The maximum Gasteiger partial charge on any atom is 0.269 e. The lowest BCUT2D eigenvalue weighted by Gasteiger charge is -2.05. The van der Waals surface area contributed by atoms with Crippen molar-refractivity contribution in [3.63, 3.8) is 0 Å². The van der Waals surface area contributed by atoms with Gasteiger partial charge in [0, 0.05) is 23.8 Å². The molecule has 0 aliphatic carbocycles. The minimum absolute atomic E-state index is 0.0507. The zero-order valence-electron chi connectivity index (χ0n) is 8.48. The van der Waals surface area contributed by atoms with Crippen molar-refractivity contribution in [3.8, 4) is 11.1 Å². The van der Waals surface area contributed by atoms with E-state index in [-0.39, 0.29) is 16.3 Å². The molecule has 3 nitrogen and oxygen atoms in total. The number of nitro groups is 1. The second-order valence-electron chi connectivity index (χ2n) is 3.32. The maximum atomic E-state index is 13.6. The van der Waals surface area contributed by atoms with Gasteiger partial charge in [0.1, 0.15) is 5.82 Å². The van der Waals surface area contributed by atoms with Crippen LogP contribution in [0.3, 0.4) is 0 Å². The standard InChI is InChI=1S/C12H6ClFNO2/c13-10-2-1-3-11(14)12(10)8-4-6-9(7-5-8)15(16)17/h1,3-7H. The second kappa shape index (κ2) is 4.51. The van der Waals surface area contributed by atoms with Crippen LogP contribution in [-0.2, 0) is 0 Å². The Hall–Kier alpha value is -1.94. The van der Waals surface area contributed by atoms with Gasteiger partial charge in [0.2, 0.25) is 0 Å². The first kappa shape index (κ1) is 11.5. The van der Waals surface area contributed by atoms with Gasteiger partial charge in [-0.2, -0.15) is 0 Å². The number of benzene rings is 2. The Morgan fingerprint density at radius 1 is 1.24 bits per heavy atom. The first-order valence-electron chi connectivity index (χ1n) is 4.70. The minimum atomic E-state index is -0.515. The fourth-order valence-electron chi connectivity index (χ4n) is 1.46. The lowest BCUT2D eigenvalue weighted by atomic mass is 10.0. The molecular formula is C12H6ClFNO2. The van der Waals surface area contributed by atoms with Gasteiger partial charge in [-0.15, -0.1) is 0 Å². The molecular weight excluding hydrogens is 245 g/mol. The third kappa shape index (κ3) is 2.26. The quantitative estimate of drug-likeness (QED) is 0.600. The van der Waals surface area contributed by atoms with E-state index in [1.165, 1.54) is 36.4 Å². The van der Waals surface area contributed by atoms with Crippen LogP contribution in [-0.4, -0.2) is 4.92 Å². The van der Waals surface area contributed by atoms with Crippen LogP contribution in [0.1, 0.15) is 0 Å². The van der Waals surface area contributed by atoms with Crippen LogP contribution < -0.4 is 0 Å². The molecule has 0 saturated heterocycles. The molecule has 2 aromatic rings. The van der Waals surface area contributed by atoms with Gasteiger partial charge in [-0.3, -0.25) is 10.1 Å². The maximum absolute atomic E-state index is 13.6. The second-order valence-corrected chi connectivity index (χ2v) is 3.70. The van der Waals surface area contributed by atoms with E-state index in [2.05, 4.69) is 6.07 Å². The molecule has 2 aromatic carbocycles. The Morgan fingerprint density at radius 2 is 1.88 bits per heavy atom. The Kier molecular flexibility index (Phi) is 3.06. The molecule has 0 aliphatic rings. The Labute approximate surface area is 102 Å². The van der Waals surface area contributed by atoms with Crippen molar-refractivity contribution >= 4 is 17.3 Å². The first-order chi connectivity index (χ1) is 8.09. The first-order valence-corrected chi connectivity index (χ1v) is 5.08. The lowest BCUT2D eigenvalue weighted by Crippen LogP contribution is -1.89. The Balaban J connectivity index is 2.50. The van der Waals surface area contributed by atoms with Crippen molar-refractivity contribution in [2.24, 2.45) is 0 Å². The predicted molar refractivity (Wildman–Crippen MR) is 62.3 cm³/mol. The van der Waals surface area contributed by atoms with E-state index in [0.29, 0.717) is 5.56 Å². The summed E-state index contributed by atoms with van der Waals surface area (Å²) in [4.78, 5) is 9.97. The van der Waals surface area contributed by atoms with Crippen LogP contribution in [0, 0.1) is 22.0 Å². The molecule has 0 aromatic heterocycles. The predicted octanol–water partition coefficient (Wildman–Crippen LogP) is 3.85. The number of rotatable bonds is 2. The summed E-state index contributed by atoms with van der Waals surface area (Å²) in [5.41, 5.74) is 0.629. The third-order valence-corrected chi connectivity index (χ3v) is 2.56. The zero-order valence-corrected chi connectivity index (χ0v) is 9.24. The fraction of sp³-hybridized carbons (Fsp3) is 0. The molecule has 5 heteroatoms. The van der Waals surface area contributed by atoms with Crippen LogP contribution in [0.5, 0.6) is 0 Å². The molecule has 0 N–H and O–H groups in total. The smallest absolute Gasteiger partial charge is 0.258 e. The van der Waals surface area contributed by atoms with Crippen LogP contribution in [0.4, 0.5) is 10.1 Å². The number of hydrogen-bond acceptors (Lipinski definition) is 2. The summed E-state index contributed by atoms with van der Waals surface area (Å²) in [6, 6.07) is 10.8. The highest BCUT2D eigenvalue weighted by Crippen LogP contribution is 2.30. The zero-order chi connectivity index (χ0) is 12.4. The number of non-ortho nitro benzene ring substituents is 1. The fourth-order valence-corrected chi connectivity index (χ4v) is 1.73. The van der Waals surface area contributed by atoms with Gasteiger partial charge < -0.3 is 0 Å². The van der Waals surface area contributed by atoms with Gasteiger partial charge in [-0.1, -0.05) is 11.6 Å². The Bertz CT molecular complexity index is 549. The number of nitro benzene ring substituents is 1. The van der Waals surface area contributed by atoms with Crippen molar-refractivity contribution in [1.29, 1.82) is 0 Å². The highest BCUT2D eigenvalue weighted by atomic mass is 35.5. The number of halogens is 2. The largest absolute Gasteiger partial charge is 0.269 e. The summed E-state index contributed by atoms with van der Waals surface area (Å²) in [7, 11) is 0. The van der Waals surface area contributed by atoms with Gasteiger partial charge in [0.05, 0.1) is 9.95 Å². The van der Waals surface area contributed by atoms with E-state index in [1.807, 2.05) is 0 Å². The molecule has 0 fully saturated rings. The van der Waals surface area contributed by atoms with E-state index < -0.39 is 10.7 Å². The van der Waals surface area contributed by atoms with E-state index in [0.717, 1.165) is 0 Å². The van der Waals surface area contributed by atoms with Crippen LogP contribution in [0.2, 0.25) is 5.02 Å². The normalized spacial score (nSPS) is 10.2. The van der Waals surface area contributed by atoms with E-state index >= 15 is 0 Å². The summed E-state index contributed by atoms with van der Waals surface area (Å²) in [6.45, 7) is 0.